The number of hydrogen-bond acceptors (Lipinski definition) is 3. The van der Waals surface area contributed by atoms with Crippen LogP contribution in [0.1, 0.15) is 15.4 Å². The van der Waals surface area contributed by atoms with Crippen molar-refractivity contribution >= 4 is 38.9 Å². The summed E-state index contributed by atoms with van der Waals surface area (Å²) in [6.45, 7) is 0. The number of thiazole rings is 1. The molecule has 0 saturated carbocycles. The molecule has 2 nitrogen and oxygen atoms in total. The second kappa shape index (κ2) is 5.31. The molecular weight excluding hydrogens is 297 g/mol. The molecule has 0 saturated heterocycles. The highest BCUT2D eigenvalue weighted by atomic mass is 35.5. The summed E-state index contributed by atoms with van der Waals surface area (Å²) in [5.41, 5.74) is 0.864. The minimum absolute atomic E-state index is 0.0109. The zero-order valence-electron chi connectivity index (χ0n) is 10.3. The average Bonchev–Trinajstić information content (AvgIpc) is 2.83. The lowest BCUT2D eigenvalue weighted by molar-refractivity contribution is 0.0989. The largest absolute Gasteiger partial charge is 0.294 e. The van der Waals surface area contributed by atoms with Crippen molar-refractivity contribution in [3.63, 3.8) is 0 Å². The fourth-order valence-electron chi connectivity index (χ4n) is 1.95. The second-order valence-electron chi connectivity index (χ2n) is 4.28. The van der Waals surface area contributed by atoms with Crippen LogP contribution in [-0.4, -0.2) is 10.8 Å². The third-order valence-electron chi connectivity index (χ3n) is 2.90. The quantitative estimate of drug-likeness (QED) is 0.666. The van der Waals surface area contributed by atoms with Gasteiger partial charge in [0.15, 0.2) is 11.6 Å². The van der Waals surface area contributed by atoms with Crippen LogP contribution in [0.3, 0.4) is 0 Å². The Kier molecular flexibility index (Phi) is 3.51. The molecule has 5 heteroatoms. The Hall–Kier alpha value is -1.78. The number of ketones is 1. The van der Waals surface area contributed by atoms with Crippen LogP contribution in [0.25, 0.3) is 10.2 Å². The summed E-state index contributed by atoms with van der Waals surface area (Å²) < 4.78 is 14.8. The van der Waals surface area contributed by atoms with Crippen molar-refractivity contribution in [2.45, 2.75) is 6.42 Å². The maximum Gasteiger partial charge on any atom is 0.172 e. The summed E-state index contributed by atoms with van der Waals surface area (Å²) in [5.74, 6) is -0.982. The van der Waals surface area contributed by atoms with Crippen molar-refractivity contribution < 1.29 is 9.18 Å². The summed E-state index contributed by atoms with van der Waals surface area (Å²) in [4.78, 5) is 16.5. The third kappa shape index (κ3) is 2.44. The highest BCUT2D eigenvalue weighted by molar-refractivity contribution is 7.18. The molecular formula is C15H9ClFNOS. The number of halogens is 2. The average molecular weight is 306 g/mol. The first-order valence-electron chi connectivity index (χ1n) is 5.97. The van der Waals surface area contributed by atoms with Gasteiger partial charge in [0.2, 0.25) is 0 Å². The van der Waals surface area contributed by atoms with Gasteiger partial charge in [-0.05, 0) is 24.3 Å². The van der Waals surface area contributed by atoms with Crippen molar-refractivity contribution in [2.75, 3.05) is 0 Å². The maximum absolute atomic E-state index is 13.8. The summed E-state index contributed by atoms with van der Waals surface area (Å²) in [5, 5.41) is 0.635. The Morgan fingerprint density at radius 1 is 1.20 bits per heavy atom. The standard InChI is InChI=1S/C15H9ClFNOS/c16-10-5-3-4-9(15(10)17)12(19)8-14-18-11-6-1-2-7-13(11)20-14/h1-7H,8H2. The molecule has 0 spiro atoms. The zero-order valence-corrected chi connectivity index (χ0v) is 11.8. The number of nitrogens with zero attached hydrogens (tertiary/aromatic N) is 1. The Labute approximate surface area is 123 Å². The molecule has 0 N–H and O–H groups in total. The molecule has 3 aromatic rings. The van der Waals surface area contributed by atoms with Crippen LogP contribution in [0, 0.1) is 5.82 Å². The molecule has 1 heterocycles. The van der Waals surface area contributed by atoms with E-state index in [0.29, 0.717) is 5.01 Å². The molecule has 0 atom stereocenters. The van der Waals surface area contributed by atoms with Gasteiger partial charge >= 0.3 is 0 Å². The highest BCUT2D eigenvalue weighted by Crippen LogP contribution is 2.24. The molecule has 0 aliphatic rings. The molecule has 20 heavy (non-hydrogen) atoms. The van der Waals surface area contributed by atoms with Crippen LogP contribution in [-0.2, 0) is 6.42 Å². The van der Waals surface area contributed by atoms with Gasteiger partial charge in [-0.1, -0.05) is 29.8 Å². The van der Waals surface area contributed by atoms with Crippen molar-refractivity contribution in [1.82, 2.24) is 4.98 Å². The lowest BCUT2D eigenvalue weighted by Crippen LogP contribution is -2.06. The van der Waals surface area contributed by atoms with Crippen molar-refractivity contribution in [3.8, 4) is 0 Å². The van der Waals surface area contributed by atoms with E-state index in [2.05, 4.69) is 4.98 Å². The van der Waals surface area contributed by atoms with Gasteiger partial charge in [-0.25, -0.2) is 9.37 Å². The predicted octanol–water partition coefficient (Wildman–Crippen LogP) is 4.51. The van der Waals surface area contributed by atoms with Gasteiger partial charge in [0.05, 0.1) is 27.2 Å². The summed E-state index contributed by atoms with van der Waals surface area (Å²) in [7, 11) is 0. The molecule has 0 amide bonds. The number of fused-ring (bicyclic) bond motifs is 1. The van der Waals surface area contributed by atoms with E-state index >= 15 is 0 Å². The van der Waals surface area contributed by atoms with Crippen LogP contribution < -0.4 is 0 Å². The van der Waals surface area contributed by atoms with E-state index in [1.165, 1.54) is 23.5 Å². The number of hydrogen-bond donors (Lipinski definition) is 0. The number of para-hydroxylation sites is 1. The molecule has 0 radical (unpaired) electrons. The number of rotatable bonds is 3. The molecule has 0 aliphatic heterocycles. The molecule has 1 aromatic heterocycles. The minimum atomic E-state index is -0.666. The SMILES string of the molecule is O=C(Cc1nc2ccccc2s1)c1cccc(Cl)c1F. The van der Waals surface area contributed by atoms with Crippen LogP contribution in [0.4, 0.5) is 4.39 Å². The van der Waals surface area contributed by atoms with Gasteiger partial charge in [0.25, 0.3) is 0 Å². The van der Waals surface area contributed by atoms with Crippen molar-refractivity contribution in [2.24, 2.45) is 0 Å². The minimum Gasteiger partial charge on any atom is -0.294 e. The van der Waals surface area contributed by atoms with Crippen LogP contribution in [0.2, 0.25) is 5.02 Å². The van der Waals surface area contributed by atoms with Gasteiger partial charge in [0.1, 0.15) is 5.01 Å². The predicted molar refractivity (Wildman–Crippen MR) is 79.1 cm³/mol. The molecule has 0 aliphatic carbocycles. The van der Waals surface area contributed by atoms with Gasteiger partial charge in [0, 0.05) is 0 Å². The third-order valence-corrected chi connectivity index (χ3v) is 4.23. The second-order valence-corrected chi connectivity index (χ2v) is 5.80. The molecule has 100 valence electrons. The van der Waals surface area contributed by atoms with Crippen molar-refractivity contribution in [3.05, 3.63) is 63.9 Å². The van der Waals surface area contributed by atoms with E-state index in [4.69, 9.17) is 11.6 Å². The van der Waals surface area contributed by atoms with E-state index < -0.39 is 5.82 Å². The van der Waals surface area contributed by atoms with Gasteiger partial charge < -0.3 is 0 Å². The van der Waals surface area contributed by atoms with Gasteiger partial charge in [-0.2, -0.15) is 0 Å². The fourth-order valence-corrected chi connectivity index (χ4v) is 3.09. The first-order valence-corrected chi connectivity index (χ1v) is 7.16. The van der Waals surface area contributed by atoms with E-state index in [1.54, 1.807) is 6.07 Å². The molecule has 0 bridgehead atoms. The normalized spacial score (nSPS) is 10.9. The lowest BCUT2D eigenvalue weighted by Gasteiger charge is -2.02. The summed E-state index contributed by atoms with van der Waals surface area (Å²) in [6.07, 6.45) is 0.0800. The molecule has 2 aromatic carbocycles. The fraction of sp³-hybridized carbons (Fsp3) is 0.0667. The number of carbonyl (C=O) groups excluding carboxylic acids is 1. The summed E-state index contributed by atoms with van der Waals surface area (Å²) >= 11 is 7.13. The lowest BCUT2D eigenvalue weighted by atomic mass is 10.1. The highest BCUT2D eigenvalue weighted by Gasteiger charge is 2.16. The van der Waals surface area contributed by atoms with Gasteiger partial charge in [-0.15, -0.1) is 11.3 Å². The molecule has 0 fully saturated rings. The topological polar surface area (TPSA) is 30.0 Å². The monoisotopic (exact) mass is 305 g/mol. The Bertz CT molecular complexity index is 766. The number of aromatic nitrogens is 1. The maximum atomic E-state index is 13.8. The Morgan fingerprint density at radius 3 is 2.80 bits per heavy atom. The van der Waals surface area contributed by atoms with E-state index in [0.717, 1.165) is 10.2 Å². The summed E-state index contributed by atoms with van der Waals surface area (Å²) in [6, 6.07) is 12.1. The first kappa shape index (κ1) is 13.2. The van der Waals surface area contributed by atoms with E-state index in [-0.39, 0.29) is 22.8 Å². The van der Waals surface area contributed by atoms with E-state index in [1.807, 2.05) is 24.3 Å². The molecule has 3 rings (SSSR count). The smallest absolute Gasteiger partial charge is 0.172 e. The van der Waals surface area contributed by atoms with Crippen LogP contribution in [0.5, 0.6) is 0 Å². The first-order chi connectivity index (χ1) is 9.65. The Balaban J connectivity index is 1.90. The number of carbonyl (C=O) groups is 1. The molecule has 0 unspecified atom stereocenters. The van der Waals surface area contributed by atoms with Crippen LogP contribution >= 0.6 is 22.9 Å². The number of benzene rings is 2. The zero-order chi connectivity index (χ0) is 14.1. The van der Waals surface area contributed by atoms with Crippen molar-refractivity contribution in [1.29, 1.82) is 0 Å². The van der Waals surface area contributed by atoms with Gasteiger partial charge in [-0.3, -0.25) is 4.79 Å². The Morgan fingerprint density at radius 2 is 2.00 bits per heavy atom. The number of Topliss-reactive ketones (excluding diaryl/α,β-unsaturated/α-hetero) is 1. The van der Waals surface area contributed by atoms with E-state index in [9.17, 15) is 9.18 Å². The van der Waals surface area contributed by atoms with Crippen LogP contribution in [0.15, 0.2) is 42.5 Å².